The van der Waals surface area contributed by atoms with E-state index in [9.17, 15) is 20.4 Å². The molecule has 0 aromatic heterocycles. The van der Waals surface area contributed by atoms with E-state index in [0.717, 1.165) is 48.4 Å². The molecule has 9 heteroatoms. The summed E-state index contributed by atoms with van der Waals surface area (Å²) in [6.07, 6.45) is 0. The van der Waals surface area contributed by atoms with Crippen molar-refractivity contribution in [3.05, 3.63) is 119 Å². The van der Waals surface area contributed by atoms with Crippen LogP contribution in [0.3, 0.4) is 0 Å². The third kappa shape index (κ3) is 19.3. The number of nitrogens with one attached hydrogen (secondary N) is 1. The van der Waals surface area contributed by atoms with E-state index in [2.05, 4.69) is 0 Å². The van der Waals surface area contributed by atoms with Gasteiger partial charge in [-0.05, 0) is 66.0 Å². The molecule has 0 atom stereocenters. The van der Waals surface area contributed by atoms with Crippen LogP contribution >= 0.6 is 0 Å². The predicted molar refractivity (Wildman–Crippen MR) is 179 cm³/mol. The molecule has 0 aliphatic carbocycles. The van der Waals surface area contributed by atoms with Crippen molar-refractivity contribution in [1.29, 1.82) is 0 Å². The number of hydrogen-bond donors (Lipinski definition) is 4. The standard InChI is InChI=1S/4C9H13NO.La/c4*1-10(2)7-8-5-3-4-6-9(8)11;/h4*3-6,11H,7H2,1-2H3;/q;;;;+3. The molecule has 0 radical (unpaired) electrons. The van der Waals surface area contributed by atoms with Crippen LogP contribution in [0.2, 0.25) is 0 Å². The first-order valence-electron chi connectivity index (χ1n) is 14.6. The van der Waals surface area contributed by atoms with E-state index >= 15 is 0 Å². The van der Waals surface area contributed by atoms with Crippen LogP contribution in [0.1, 0.15) is 22.3 Å². The van der Waals surface area contributed by atoms with E-state index in [0.29, 0.717) is 17.2 Å². The monoisotopic (exact) mass is 743 g/mol. The molecule has 0 heterocycles. The average Bonchev–Trinajstić information content (AvgIpc) is 2.94. The molecule has 4 N–H and O–H groups in total. The smallest absolute Gasteiger partial charge is 0.872 e. The van der Waals surface area contributed by atoms with Crippen molar-refractivity contribution in [3.63, 3.8) is 0 Å². The van der Waals surface area contributed by atoms with Crippen molar-refractivity contribution in [1.82, 2.24) is 14.7 Å². The van der Waals surface area contributed by atoms with Crippen LogP contribution in [0.5, 0.6) is 23.0 Å². The molecule has 0 saturated heterocycles. The Hall–Kier alpha value is -2.89. The number of hydrogen-bond acceptors (Lipinski definition) is 7. The van der Waals surface area contributed by atoms with Gasteiger partial charge in [0, 0.05) is 36.3 Å². The fourth-order valence-corrected chi connectivity index (χ4v) is 3.99. The van der Waals surface area contributed by atoms with Crippen LogP contribution in [-0.2, 0) is 26.2 Å². The van der Waals surface area contributed by atoms with Gasteiger partial charge < -0.3 is 40.0 Å². The number of para-hydroxylation sites is 4. The molecular weight excluding hydrogens is 691 g/mol. The molecule has 0 spiro atoms. The van der Waals surface area contributed by atoms with Crippen molar-refractivity contribution < 1.29 is 60.9 Å². The van der Waals surface area contributed by atoms with Gasteiger partial charge in [-0.3, -0.25) is 0 Å². The number of aromatic hydroxyl groups is 3. The molecule has 0 saturated carbocycles. The number of phenols is 3. The van der Waals surface area contributed by atoms with Crippen molar-refractivity contribution in [2.45, 2.75) is 26.2 Å². The molecule has 240 valence electrons. The van der Waals surface area contributed by atoms with Crippen molar-refractivity contribution >= 4 is 0 Å². The second kappa shape index (κ2) is 23.5. The summed E-state index contributed by atoms with van der Waals surface area (Å²) < 4.78 is 0. The molecule has 0 bridgehead atoms. The van der Waals surface area contributed by atoms with Crippen molar-refractivity contribution in [2.24, 2.45) is 0 Å². The van der Waals surface area contributed by atoms with Gasteiger partial charge in [0.2, 0.25) is 0 Å². The molecule has 45 heavy (non-hydrogen) atoms. The zero-order valence-electron chi connectivity index (χ0n) is 28.2. The zero-order chi connectivity index (χ0) is 33.1. The van der Waals surface area contributed by atoms with Crippen LogP contribution < -0.4 is 10.0 Å². The van der Waals surface area contributed by atoms with Crippen molar-refractivity contribution in [2.75, 3.05) is 56.4 Å². The van der Waals surface area contributed by atoms with Crippen LogP contribution in [0.15, 0.2) is 97.1 Å². The number of rotatable bonds is 8. The molecule has 0 amide bonds. The fraction of sp³-hybridized carbons (Fsp3) is 0.333. The Morgan fingerprint density at radius 3 is 1.00 bits per heavy atom. The van der Waals surface area contributed by atoms with Gasteiger partial charge in [0.15, 0.2) is 0 Å². The van der Waals surface area contributed by atoms with Gasteiger partial charge in [-0.15, -0.1) is 5.75 Å². The summed E-state index contributed by atoms with van der Waals surface area (Å²) in [4.78, 5) is 7.34. The molecule has 8 nitrogen and oxygen atoms in total. The molecule has 0 aliphatic heterocycles. The largest absolute Gasteiger partial charge is 3.00 e. The number of phenolic OH excluding ortho intramolecular Hbond substituents is 3. The minimum absolute atomic E-state index is 0. The van der Waals surface area contributed by atoms with Crippen LogP contribution in [0, 0.1) is 35.6 Å². The van der Waals surface area contributed by atoms with E-state index in [1.165, 1.54) is 4.90 Å². The van der Waals surface area contributed by atoms with Gasteiger partial charge in [0.25, 0.3) is 0 Å². The normalized spacial score (nSPS) is 10.2. The van der Waals surface area contributed by atoms with E-state index < -0.39 is 0 Å². The Labute approximate surface area is 298 Å². The quantitative estimate of drug-likeness (QED) is 0.219. The summed E-state index contributed by atoms with van der Waals surface area (Å²) in [5.74, 6) is 1.28. The molecule has 0 aliphatic rings. The Kier molecular flexibility index (Phi) is 21.9. The van der Waals surface area contributed by atoms with E-state index in [4.69, 9.17) is 0 Å². The summed E-state index contributed by atoms with van der Waals surface area (Å²) in [5, 5.41) is 39.1. The Morgan fingerprint density at radius 1 is 0.489 bits per heavy atom. The van der Waals surface area contributed by atoms with Gasteiger partial charge in [-0.25, -0.2) is 0 Å². The SMILES string of the molecule is CN(C)Cc1ccccc1O.CN(C)Cc1ccccc1O.CN(C)Cc1ccccc1O.C[NH+](C)Cc1ccccc1[O-].[La+3]. The molecule has 0 fully saturated rings. The Balaban J connectivity index is 0.000000569. The van der Waals surface area contributed by atoms with E-state index in [1.54, 1.807) is 30.3 Å². The summed E-state index contributed by atoms with van der Waals surface area (Å²) >= 11 is 0. The third-order valence-corrected chi connectivity index (χ3v) is 5.95. The Bertz CT molecular complexity index is 1140. The third-order valence-electron chi connectivity index (χ3n) is 5.95. The summed E-state index contributed by atoms with van der Waals surface area (Å²) in [5.41, 5.74) is 3.81. The molecule has 4 aromatic rings. The topological polar surface area (TPSA) is 97.9 Å². The van der Waals surface area contributed by atoms with Crippen LogP contribution in [-0.4, -0.2) is 86.4 Å². The van der Waals surface area contributed by atoms with Gasteiger partial charge in [0.05, 0.1) is 14.1 Å². The minimum atomic E-state index is 0. The van der Waals surface area contributed by atoms with Crippen LogP contribution in [0.4, 0.5) is 0 Å². The molecule has 4 rings (SSSR count). The zero-order valence-corrected chi connectivity index (χ0v) is 31.9. The van der Waals surface area contributed by atoms with Gasteiger partial charge in [-0.2, -0.15) is 0 Å². The maximum Gasteiger partial charge on any atom is 3.00 e. The average molecular weight is 744 g/mol. The summed E-state index contributed by atoms with van der Waals surface area (Å²) in [6.45, 7) is 3.16. The van der Waals surface area contributed by atoms with E-state index in [-0.39, 0.29) is 41.3 Å². The van der Waals surface area contributed by atoms with E-state index in [1.807, 2.05) is 138 Å². The first-order valence-corrected chi connectivity index (χ1v) is 14.6. The van der Waals surface area contributed by atoms with Crippen LogP contribution in [0.25, 0.3) is 0 Å². The second-order valence-corrected chi connectivity index (χ2v) is 11.6. The first-order chi connectivity index (χ1) is 20.8. The molecule has 4 aromatic carbocycles. The second-order valence-electron chi connectivity index (χ2n) is 11.6. The summed E-state index contributed by atoms with van der Waals surface area (Å²) in [7, 11) is 15.9. The maximum atomic E-state index is 11.1. The van der Waals surface area contributed by atoms with Gasteiger partial charge in [-0.1, -0.05) is 78.9 Å². The minimum Gasteiger partial charge on any atom is -0.872 e. The predicted octanol–water partition coefficient (Wildman–Crippen LogP) is 3.77. The van der Waals surface area contributed by atoms with Gasteiger partial charge >= 0.3 is 35.6 Å². The number of benzene rings is 4. The first kappa shape index (κ1) is 42.1. The maximum absolute atomic E-state index is 11.1. The van der Waals surface area contributed by atoms with Gasteiger partial charge in [0.1, 0.15) is 23.8 Å². The number of nitrogens with zero attached hydrogens (tertiary/aromatic N) is 3. The molecular formula is C36H52LaN4O4+3. The Morgan fingerprint density at radius 2 is 0.756 bits per heavy atom. The fourth-order valence-electron chi connectivity index (χ4n) is 3.99. The van der Waals surface area contributed by atoms with Crippen molar-refractivity contribution in [3.8, 4) is 23.0 Å². The summed E-state index contributed by atoms with van der Waals surface area (Å²) in [6, 6.07) is 29.3. The molecule has 0 unspecified atom stereocenters. The number of quaternary nitrogens is 1.